The Labute approximate surface area is 117 Å². The Hall–Kier alpha value is -2.28. The molecule has 0 saturated heterocycles. The molecule has 1 amide bonds. The van der Waals surface area contributed by atoms with Gasteiger partial charge in [-0.15, -0.1) is 11.3 Å². The zero-order chi connectivity index (χ0) is 14.7. The van der Waals surface area contributed by atoms with Gasteiger partial charge in [0.2, 0.25) is 0 Å². The lowest BCUT2D eigenvalue weighted by Crippen LogP contribution is -2.17. The number of ether oxygens (including phenoxy) is 1. The average molecular weight is 297 g/mol. The fourth-order valence-electron chi connectivity index (χ4n) is 1.56. The number of hydrogen-bond donors (Lipinski definition) is 1. The minimum Gasteiger partial charge on any atom is -0.465 e. The maximum Gasteiger partial charge on any atom is 0.340 e. The highest BCUT2D eigenvalue weighted by molar-refractivity contribution is 7.14. The summed E-state index contributed by atoms with van der Waals surface area (Å²) in [5, 5.41) is 4.03. The molecule has 0 saturated carbocycles. The lowest BCUT2D eigenvalue weighted by Gasteiger charge is -2.07. The van der Waals surface area contributed by atoms with Crippen LogP contribution < -0.4 is 5.32 Å². The molecule has 0 aliphatic heterocycles. The van der Waals surface area contributed by atoms with Crippen LogP contribution in [0.1, 0.15) is 20.7 Å². The third-order valence-electron chi connectivity index (χ3n) is 2.49. The molecule has 4 nitrogen and oxygen atoms in total. The molecule has 0 aliphatic carbocycles. The van der Waals surface area contributed by atoms with E-state index in [9.17, 15) is 18.4 Å². The van der Waals surface area contributed by atoms with E-state index in [-0.39, 0.29) is 10.6 Å². The lowest BCUT2D eigenvalue weighted by molar-refractivity contribution is 0.0602. The first-order valence-electron chi connectivity index (χ1n) is 5.45. The standard InChI is InChI=1S/C13H9F2NO3S/c1-19-13(18)7-5-6-20-12(7)16-11(17)10-8(14)3-2-4-9(10)15/h2-6H,1H3,(H,16,17). The van der Waals surface area contributed by atoms with Crippen LogP contribution in [0.2, 0.25) is 0 Å². The van der Waals surface area contributed by atoms with Crippen LogP contribution in [-0.2, 0) is 4.74 Å². The van der Waals surface area contributed by atoms with Gasteiger partial charge in [-0.25, -0.2) is 13.6 Å². The van der Waals surface area contributed by atoms with Crippen LogP contribution in [0.25, 0.3) is 0 Å². The van der Waals surface area contributed by atoms with Crippen molar-refractivity contribution in [3.63, 3.8) is 0 Å². The third-order valence-corrected chi connectivity index (χ3v) is 3.32. The van der Waals surface area contributed by atoms with Crippen molar-refractivity contribution in [3.8, 4) is 0 Å². The second kappa shape index (κ2) is 5.79. The molecule has 1 heterocycles. The van der Waals surface area contributed by atoms with E-state index in [0.717, 1.165) is 29.5 Å². The molecule has 0 radical (unpaired) electrons. The van der Waals surface area contributed by atoms with Crippen LogP contribution in [-0.4, -0.2) is 19.0 Å². The molecule has 0 bridgehead atoms. The predicted molar refractivity (Wildman–Crippen MR) is 70.0 cm³/mol. The molecule has 1 aromatic heterocycles. The van der Waals surface area contributed by atoms with Crippen LogP contribution in [0.5, 0.6) is 0 Å². The number of anilines is 1. The number of halogens is 2. The van der Waals surface area contributed by atoms with Gasteiger partial charge in [-0.3, -0.25) is 4.79 Å². The van der Waals surface area contributed by atoms with E-state index in [4.69, 9.17) is 0 Å². The summed E-state index contributed by atoms with van der Waals surface area (Å²) in [5.74, 6) is -3.55. The molecular formula is C13H9F2NO3S. The highest BCUT2D eigenvalue weighted by atomic mass is 32.1. The van der Waals surface area contributed by atoms with E-state index in [1.165, 1.54) is 13.2 Å². The van der Waals surface area contributed by atoms with Crippen LogP contribution >= 0.6 is 11.3 Å². The van der Waals surface area contributed by atoms with Gasteiger partial charge in [-0.2, -0.15) is 0 Å². The van der Waals surface area contributed by atoms with Crippen molar-refractivity contribution in [2.75, 3.05) is 12.4 Å². The fraction of sp³-hybridized carbons (Fsp3) is 0.0769. The first-order chi connectivity index (χ1) is 9.54. The van der Waals surface area contributed by atoms with Crippen molar-refractivity contribution in [3.05, 3.63) is 52.4 Å². The Morgan fingerprint density at radius 1 is 1.20 bits per heavy atom. The van der Waals surface area contributed by atoms with Crippen molar-refractivity contribution in [2.24, 2.45) is 0 Å². The molecular weight excluding hydrogens is 288 g/mol. The Balaban J connectivity index is 2.29. The summed E-state index contributed by atoms with van der Waals surface area (Å²) in [7, 11) is 1.20. The van der Waals surface area contributed by atoms with Crippen LogP contribution in [0.4, 0.5) is 13.8 Å². The van der Waals surface area contributed by atoms with E-state index in [1.54, 1.807) is 5.38 Å². The molecule has 104 valence electrons. The summed E-state index contributed by atoms with van der Waals surface area (Å²) in [6, 6.07) is 4.57. The van der Waals surface area contributed by atoms with Gasteiger partial charge in [0.1, 0.15) is 22.2 Å². The van der Waals surface area contributed by atoms with E-state index in [2.05, 4.69) is 10.1 Å². The van der Waals surface area contributed by atoms with Gasteiger partial charge in [0.15, 0.2) is 0 Å². The molecule has 7 heteroatoms. The van der Waals surface area contributed by atoms with Gasteiger partial charge in [-0.1, -0.05) is 6.07 Å². The molecule has 2 aromatic rings. The summed E-state index contributed by atoms with van der Waals surface area (Å²) in [5.41, 5.74) is -0.570. The Morgan fingerprint density at radius 3 is 2.45 bits per heavy atom. The first-order valence-corrected chi connectivity index (χ1v) is 6.33. The Morgan fingerprint density at radius 2 is 1.85 bits per heavy atom. The normalized spacial score (nSPS) is 10.2. The maximum absolute atomic E-state index is 13.5. The number of benzene rings is 1. The molecule has 1 N–H and O–H groups in total. The van der Waals surface area contributed by atoms with Gasteiger partial charge in [0, 0.05) is 0 Å². The lowest BCUT2D eigenvalue weighted by atomic mass is 10.2. The zero-order valence-corrected chi connectivity index (χ0v) is 11.1. The topological polar surface area (TPSA) is 55.4 Å². The molecule has 1 aromatic carbocycles. The Kier molecular flexibility index (Phi) is 4.09. The molecule has 0 unspecified atom stereocenters. The summed E-state index contributed by atoms with van der Waals surface area (Å²) in [6.07, 6.45) is 0. The summed E-state index contributed by atoms with van der Waals surface area (Å²) >= 11 is 1.05. The van der Waals surface area contributed by atoms with E-state index < -0.39 is 29.1 Å². The van der Waals surface area contributed by atoms with Crippen LogP contribution in [0.3, 0.4) is 0 Å². The third kappa shape index (κ3) is 2.67. The number of methoxy groups -OCH3 is 1. The van der Waals surface area contributed by atoms with Gasteiger partial charge < -0.3 is 10.1 Å². The second-order valence-corrected chi connectivity index (χ2v) is 4.62. The number of rotatable bonds is 3. The van der Waals surface area contributed by atoms with E-state index >= 15 is 0 Å². The highest BCUT2D eigenvalue weighted by Crippen LogP contribution is 2.25. The molecule has 0 fully saturated rings. The number of amides is 1. The van der Waals surface area contributed by atoms with Crippen molar-refractivity contribution in [2.45, 2.75) is 0 Å². The minimum absolute atomic E-state index is 0.127. The fourth-order valence-corrected chi connectivity index (χ4v) is 2.33. The summed E-state index contributed by atoms with van der Waals surface area (Å²) in [6.45, 7) is 0. The smallest absolute Gasteiger partial charge is 0.340 e. The zero-order valence-electron chi connectivity index (χ0n) is 10.3. The Bertz CT molecular complexity index is 649. The van der Waals surface area contributed by atoms with E-state index in [1.807, 2.05) is 0 Å². The summed E-state index contributed by atoms with van der Waals surface area (Å²) in [4.78, 5) is 23.3. The number of hydrogen-bond acceptors (Lipinski definition) is 4. The monoisotopic (exact) mass is 297 g/mol. The van der Waals surface area contributed by atoms with Gasteiger partial charge in [0.25, 0.3) is 5.91 Å². The first kappa shape index (κ1) is 14.1. The SMILES string of the molecule is COC(=O)c1ccsc1NC(=O)c1c(F)cccc1F. The van der Waals surface area contributed by atoms with Gasteiger partial charge in [-0.05, 0) is 23.6 Å². The number of carbonyl (C=O) groups excluding carboxylic acids is 2. The van der Waals surface area contributed by atoms with Crippen molar-refractivity contribution in [1.29, 1.82) is 0 Å². The molecule has 0 aliphatic rings. The van der Waals surface area contributed by atoms with Crippen molar-refractivity contribution >= 4 is 28.2 Å². The van der Waals surface area contributed by atoms with Crippen LogP contribution in [0.15, 0.2) is 29.6 Å². The number of nitrogens with one attached hydrogen (secondary N) is 1. The minimum atomic E-state index is -0.973. The predicted octanol–water partition coefficient (Wildman–Crippen LogP) is 3.07. The molecule has 0 spiro atoms. The van der Waals surface area contributed by atoms with Gasteiger partial charge >= 0.3 is 5.97 Å². The number of carbonyl (C=O) groups is 2. The molecule has 0 atom stereocenters. The quantitative estimate of drug-likeness (QED) is 0.886. The number of esters is 1. The van der Waals surface area contributed by atoms with Gasteiger partial charge in [0.05, 0.1) is 12.7 Å². The average Bonchev–Trinajstić information content (AvgIpc) is 2.85. The van der Waals surface area contributed by atoms with Crippen molar-refractivity contribution in [1.82, 2.24) is 0 Å². The highest BCUT2D eigenvalue weighted by Gasteiger charge is 2.20. The summed E-state index contributed by atoms with van der Waals surface area (Å²) < 4.78 is 31.5. The molecule has 20 heavy (non-hydrogen) atoms. The van der Waals surface area contributed by atoms with Crippen molar-refractivity contribution < 1.29 is 23.1 Å². The maximum atomic E-state index is 13.5. The van der Waals surface area contributed by atoms with E-state index in [0.29, 0.717) is 0 Å². The molecule has 2 rings (SSSR count). The number of thiophene rings is 1. The second-order valence-electron chi connectivity index (χ2n) is 3.71. The largest absolute Gasteiger partial charge is 0.465 e. The van der Waals surface area contributed by atoms with Crippen LogP contribution in [0, 0.1) is 11.6 Å².